The Kier molecular flexibility index (Phi) is 5.65. The molecule has 21 heavy (non-hydrogen) atoms. The van der Waals surface area contributed by atoms with Gasteiger partial charge in [-0.05, 0) is 45.2 Å². The largest absolute Gasteiger partial charge is 0.493 e. The van der Waals surface area contributed by atoms with Crippen LogP contribution in [0.4, 0.5) is 0 Å². The normalized spacial score (nSPS) is 24.0. The van der Waals surface area contributed by atoms with Gasteiger partial charge in [0, 0.05) is 13.1 Å². The van der Waals surface area contributed by atoms with Crippen LogP contribution in [-0.4, -0.2) is 46.5 Å². The number of aryl methyl sites for hydroxylation is 1. The highest BCUT2D eigenvalue weighted by Gasteiger charge is 2.37. The van der Waals surface area contributed by atoms with Crippen LogP contribution >= 0.6 is 0 Å². The van der Waals surface area contributed by atoms with Gasteiger partial charge in [0.25, 0.3) is 0 Å². The van der Waals surface area contributed by atoms with Crippen molar-refractivity contribution in [3.05, 3.63) is 11.9 Å². The quantitative estimate of drug-likeness (QED) is 0.875. The first-order valence-electron chi connectivity index (χ1n) is 8.19. The van der Waals surface area contributed by atoms with Crippen LogP contribution in [0.1, 0.15) is 51.6 Å². The van der Waals surface area contributed by atoms with Crippen molar-refractivity contribution in [2.24, 2.45) is 0 Å². The monoisotopic (exact) mass is 295 g/mol. The second-order valence-electron chi connectivity index (χ2n) is 6.01. The van der Waals surface area contributed by atoms with E-state index in [-0.39, 0.29) is 0 Å². The summed E-state index contributed by atoms with van der Waals surface area (Å²) < 4.78 is 7.37. The van der Waals surface area contributed by atoms with Crippen molar-refractivity contribution < 1.29 is 9.84 Å². The fourth-order valence-corrected chi connectivity index (χ4v) is 3.32. The molecular weight excluding hydrogens is 266 g/mol. The predicted molar refractivity (Wildman–Crippen MR) is 83.5 cm³/mol. The Morgan fingerprint density at radius 2 is 2.00 bits per heavy atom. The van der Waals surface area contributed by atoms with Gasteiger partial charge in [-0.1, -0.05) is 13.8 Å². The molecule has 1 fully saturated rings. The van der Waals surface area contributed by atoms with E-state index in [9.17, 15) is 5.11 Å². The van der Waals surface area contributed by atoms with Gasteiger partial charge in [-0.3, -0.25) is 4.68 Å². The average molecular weight is 295 g/mol. The average Bonchev–Trinajstić information content (AvgIpc) is 2.79. The van der Waals surface area contributed by atoms with Crippen LogP contribution in [0, 0.1) is 0 Å². The first-order valence-corrected chi connectivity index (χ1v) is 8.19. The fraction of sp³-hybridized carbons (Fsp3) is 0.812. The van der Waals surface area contributed by atoms with Crippen molar-refractivity contribution in [1.82, 2.24) is 14.7 Å². The minimum absolute atomic E-state index is 0.717. The molecule has 1 aromatic heterocycles. The second kappa shape index (κ2) is 7.27. The summed E-state index contributed by atoms with van der Waals surface area (Å²) in [6.45, 7) is 8.26. The summed E-state index contributed by atoms with van der Waals surface area (Å²) in [4.78, 5) is 2.45. The molecule has 0 saturated carbocycles. The lowest BCUT2D eigenvalue weighted by molar-refractivity contribution is 0.0101. The molecule has 0 spiro atoms. The van der Waals surface area contributed by atoms with Crippen LogP contribution in [0.15, 0.2) is 6.20 Å². The van der Waals surface area contributed by atoms with E-state index < -0.39 is 5.60 Å². The van der Waals surface area contributed by atoms with E-state index >= 15 is 0 Å². The first-order chi connectivity index (χ1) is 10.1. The number of methoxy groups -OCH3 is 1. The Morgan fingerprint density at radius 3 is 2.67 bits per heavy atom. The van der Waals surface area contributed by atoms with Gasteiger partial charge in [-0.25, -0.2) is 0 Å². The maximum atomic E-state index is 11.2. The third-order valence-corrected chi connectivity index (χ3v) is 4.35. The molecule has 0 amide bonds. The summed E-state index contributed by atoms with van der Waals surface area (Å²) in [5.41, 5.74) is 0.0460. The number of likely N-dealkylation sites (tertiary alicyclic amines) is 1. The zero-order chi connectivity index (χ0) is 15.3. The van der Waals surface area contributed by atoms with E-state index in [2.05, 4.69) is 23.8 Å². The molecule has 1 aromatic rings. The Bertz CT molecular complexity index is 447. The minimum atomic E-state index is -0.820. The smallest absolute Gasteiger partial charge is 0.162 e. The van der Waals surface area contributed by atoms with Crippen molar-refractivity contribution in [1.29, 1.82) is 0 Å². The van der Waals surface area contributed by atoms with Crippen molar-refractivity contribution in [2.75, 3.05) is 26.7 Å². The van der Waals surface area contributed by atoms with Gasteiger partial charge < -0.3 is 14.7 Å². The number of hydrogen-bond donors (Lipinski definition) is 1. The lowest BCUT2D eigenvalue weighted by atomic mass is 9.90. The lowest BCUT2D eigenvalue weighted by Crippen LogP contribution is -2.32. The highest BCUT2D eigenvalue weighted by Crippen LogP contribution is 2.38. The highest BCUT2D eigenvalue weighted by atomic mass is 16.5. The lowest BCUT2D eigenvalue weighted by Gasteiger charge is -2.28. The zero-order valence-electron chi connectivity index (χ0n) is 13.6. The van der Waals surface area contributed by atoms with E-state index in [4.69, 9.17) is 4.74 Å². The molecule has 2 heterocycles. The molecule has 5 heteroatoms. The molecular formula is C16H29N3O2. The number of hydrogen-bond acceptors (Lipinski definition) is 4. The molecule has 0 aromatic carbocycles. The summed E-state index contributed by atoms with van der Waals surface area (Å²) in [5.74, 6) is 0.717. The van der Waals surface area contributed by atoms with Gasteiger partial charge in [-0.2, -0.15) is 5.10 Å². The summed E-state index contributed by atoms with van der Waals surface area (Å²) in [5, 5.41) is 15.7. The second-order valence-corrected chi connectivity index (χ2v) is 6.01. The molecule has 1 saturated heterocycles. The van der Waals surface area contributed by atoms with E-state index in [0.29, 0.717) is 0 Å². The maximum Gasteiger partial charge on any atom is 0.162 e. The molecule has 0 aliphatic carbocycles. The van der Waals surface area contributed by atoms with Crippen LogP contribution in [0.2, 0.25) is 0 Å². The summed E-state index contributed by atoms with van der Waals surface area (Å²) in [6, 6.07) is 0. The molecule has 1 N–H and O–H groups in total. The first kappa shape index (κ1) is 16.3. The third-order valence-electron chi connectivity index (χ3n) is 4.35. The zero-order valence-corrected chi connectivity index (χ0v) is 13.6. The van der Waals surface area contributed by atoms with Gasteiger partial charge in [0.2, 0.25) is 0 Å². The molecule has 2 rings (SSSR count). The highest BCUT2D eigenvalue weighted by molar-refractivity contribution is 5.31. The van der Waals surface area contributed by atoms with Gasteiger partial charge in [0.15, 0.2) is 5.75 Å². The maximum absolute atomic E-state index is 11.2. The number of aromatic nitrogens is 2. The summed E-state index contributed by atoms with van der Waals surface area (Å²) >= 11 is 0. The van der Waals surface area contributed by atoms with E-state index in [1.54, 1.807) is 13.3 Å². The van der Waals surface area contributed by atoms with Crippen molar-refractivity contribution in [2.45, 2.75) is 58.1 Å². The van der Waals surface area contributed by atoms with Crippen molar-refractivity contribution in [3.63, 3.8) is 0 Å². The SMILES string of the molecule is CCCN1CCCC(O)(c2c(OC)cnn2CCC)CC1. The molecule has 5 nitrogen and oxygen atoms in total. The molecule has 1 unspecified atom stereocenters. The van der Waals surface area contributed by atoms with Gasteiger partial charge >= 0.3 is 0 Å². The minimum Gasteiger partial charge on any atom is -0.493 e. The van der Waals surface area contributed by atoms with Crippen LogP contribution in [-0.2, 0) is 12.1 Å². The van der Waals surface area contributed by atoms with Gasteiger partial charge in [0.1, 0.15) is 11.3 Å². The molecule has 1 atom stereocenters. The Hall–Kier alpha value is -1.07. The van der Waals surface area contributed by atoms with Gasteiger partial charge in [0.05, 0.1) is 13.3 Å². The summed E-state index contributed by atoms with van der Waals surface area (Å²) in [6.07, 6.45) is 6.43. The summed E-state index contributed by atoms with van der Waals surface area (Å²) in [7, 11) is 1.65. The van der Waals surface area contributed by atoms with Gasteiger partial charge in [-0.15, -0.1) is 0 Å². The number of ether oxygens (including phenoxy) is 1. The Labute approximate surface area is 127 Å². The topological polar surface area (TPSA) is 50.5 Å². The van der Waals surface area contributed by atoms with E-state index in [1.807, 2.05) is 4.68 Å². The third kappa shape index (κ3) is 3.58. The van der Waals surface area contributed by atoms with Crippen LogP contribution in [0.5, 0.6) is 5.75 Å². The molecule has 1 aliphatic heterocycles. The molecule has 0 bridgehead atoms. The fourth-order valence-electron chi connectivity index (χ4n) is 3.32. The number of rotatable bonds is 6. The molecule has 120 valence electrons. The molecule has 0 radical (unpaired) electrons. The number of aliphatic hydroxyl groups is 1. The predicted octanol–water partition coefficient (Wildman–Crippen LogP) is 2.39. The van der Waals surface area contributed by atoms with Crippen LogP contribution in [0.3, 0.4) is 0 Å². The van der Waals surface area contributed by atoms with E-state index in [0.717, 1.165) is 69.7 Å². The Morgan fingerprint density at radius 1 is 1.24 bits per heavy atom. The van der Waals surface area contributed by atoms with Crippen molar-refractivity contribution in [3.8, 4) is 5.75 Å². The van der Waals surface area contributed by atoms with Crippen LogP contribution < -0.4 is 4.74 Å². The Balaban J connectivity index is 2.24. The number of nitrogens with zero attached hydrogens (tertiary/aromatic N) is 3. The van der Waals surface area contributed by atoms with E-state index in [1.165, 1.54) is 0 Å². The molecule has 1 aliphatic rings. The van der Waals surface area contributed by atoms with Crippen LogP contribution in [0.25, 0.3) is 0 Å². The van der Waals surface area contributed by atoms with Crippen molar-refractivity contribution >= 4 is 0 Å². The standard InChI is InChI=1S/C16H29N3O2/c1-4-9-18-11-6-7-16(20,8-12-18)15-14(21-3)13-17-19(15)10-5-2/h13,20H,4-12H2,1-3H3.